The standard InChI is InChI=1S/C10H13Cl2N3/c1-15-3-2-8(6-15)14-10-9(12)4-7(11)5-13-10/h4-5,8H,2-3,6H2,1H3,(H,13,14). The second-order valence-corrected chi connectivity index (χ2v) is 4.72. The van der Waals surface area contributed by atoms with E-state index in [1.165, 1.54) is 0 Å². The maximum Gasteiger partial charge on any atom is 0.145 e. The molecule has 0 saturated carbocycles. The van der Waals surface area contributed by atoms with Crippen molar-refractivity contribution in [3.63, 3.8) is 0 Å². The molecular formula is C10H13Cl2N3. The molecular weight excluding hydrogens is 233 g/mol. The highest BCUT2D eigenvalue weighted by molar-refractivity contribution is 6.35. The van der Waals surface area contributed by atoms with Crippen LogP contribution >= 0.6 is 23.2 Å². The van der Waals surface area contributed by atoms with Crippen LogP contribution in [0.5, 0.6) is 0 Å². The number of rotatable bonds is 2. The van der Waals surface area contributed by atoms with Gasteiger partial charge in [0, 0.05) is 18.8 Å². The van der Waals surface area contributed by atoms with Crippen LogP contribution in [0.4, 0.5) is 5.82 Å². The van der Waals surface area contributed by atoms with Crippen LogP contribution in [0, 0.1) is 0 Å². The van der Waals surface area contributed by atoms with Gasteiger partial charge in [0.15, 0.2) is 0 Å². The molecule has 1 aliphatic rings. The molecule has 5 heteroatoms. The number of halogens is 2. The fraction of sp³-hybridized carbons (Fsp3) is 0.500. The monoisotopic (exact) mass is 245 g/mol. The zero-order valence-electron chi connectivity index (χ0n) is 8.50. The van der Waals surface area contributed by atoms with Gasteiger partial charge in [-0.15, -0.1) is 0 Å². The molecule has 1 unspecified atom stereocenters. The molecule has 1 aromatic rings. The van der Waals surface area contributed by atoms with Crippen molar-refractivity contribution in [2.45, 2.75) is 12.5 Å². The number of hydrogen-bond donors (Lipinski definition) is 1. The highest BCUT2D eigenvalue weighted by Crippen LogP contribution is 2.24. The first-order valence-corrected chi connectivity index (χ1v) is 5.67. The minimum absolute atomic E-state index is 0.432. The van der Waals surface area contributed by atoms with Crippen molar-refractivity contribution >= 4 is 29.0 Å². The Kier molecular flexibility index (Phi) is 3.34. The zero-order valence-corrected chi connectivity index (χ0v) is 10.0. The van der Waals surface area contributed by atoms with Gasteiger partial charge in [-0.3, -0.25) is 0 Å². The molecule has 1 N–H and O–H groups in total. The molecule has 1 saturated heterocycles. The third-order valence-electron chi connectivity index (χ3n) is 2.54. The van der Waals surface area contributed by atoms with Crippen molar-refractivity contribution in [1.82, 2.24) is 9.88 Å². The van der Waals surface area contributed by atoms with Crippen LogP contribution in [0.25, 0.3) is 0 Å². The van der Waals surface area contributed by atoms with Gasteiger partial charge < -0.3 is 10.2 Å². The van der Waals surface area contributed by atoms with E-state index in [0.29, 0.717) is 16.1 Å². The predicted octanol–water partition coefficient (Wildman–Crippen LogP) is 2.50. The summed E-state index contributed by atoms with van der Waals surface area (Å²) in [6.07, 6.45) is 2.73. The smallest absolute Gasteiger partial charge is 0.145 e. The summed E-state index contributed by atoms with van der Waals surface area (Å²) in [5.41, 5.74) is 0. The lowest BCUT2D eigenvalue weighted by Gasteiger charge is -2.14. The minimum Gasteiger partial charge on any atom is -0.365 e. The zero-order chi connectivity index (χ0) is 10.8. The van der Waals surface area contributed by atoms with E-state index in [1.54, 1.807) is 12.3 Å². The molecule has 1 aliphatic heterocycles. The van der Waals surface area contributed by atoms with Crippen LogP contribution in [-0.4, -0.2) is 36.1 Å². The van der Waals surface area contributed by atoms with Crippen LogP contribution in [0.15, 0.2) is 12.3 Å². The molecule has 0 spiro atoms. The highest BCUT2D eigenvalue weighted by Gasteiger charge is 2.20. The lowest BCUT2D eigenvalue weighted by Crippen LogP contribution is -2.24. The van der Waals surface area contributed by atoms with Gasteiger partial charge in [0.2, 0.25) is 0 Å². The first-order valence-electron chi connectivity index (χ1n) is 4.91. The molecule has 1 aromatic heterocycles. The van der Waals surface area contributed by atoms with Gasteiger partial charge in [0.1, 0.15) is 5.82 Å². The number of anilines is 1. The Hall–Kier alpha value is -0.510. The van der Waals surface area contributed by atoms with Crippen LogP contribution in [-0.2, 0) is 0 Å². The topological polar surface area (TPSA) is 28.2 Å². The maximum absolute atomic E-state index is 6.02. The van der Waals surface area contributed by atoms with E-state index in [0.717, 1.165) is 25.3 Å². The minimum atomic E-state index is 0.432. The Labute approximate surface area is 99.4 Å². The van der Waals surface area contributed by atoms with Crippen molar-refractivity contribution in [1.29, 1.82) is 0 Å². The number of likely N-dealkylation sites (N-methyl/N-ethyl adjacent to an activating group) is 1. The second-order valence-electron chi connectivity index (χ2n) is 3.88. The van der Waals surface area contributed by atoms with Gasteiger partial charge in [0.05, 0.1) is 10.0 Å². The van der Waals surface area contributed by atoms with Crippen molar-refractivity contribution < 1.29 is 0 Å². The molecule has 0 aliphatic carbocycles. The molecule has 1 atom stereocenters. The molecule has 0 aromatic carbocycles. The van der Waals surface area contributed by atoms with Crippen molar-refractivity contribution in [3.05, 3.63) is 22.3 Å². The molecule has 15 heavy (non-hydrogen) atoms. The van der Waals surface area contributed by atoms with Gasteiger partial charge in [-0.05, 0) is 26.1 Å². The SMILES string of the molecule is CN1CCC(Nc2ncc(Cl)cc2Cl)C1. The molecule has 0 amide bonds. The maximum atomic E-state index is 6.02. The van der Waals surface area contributed by atoms with Gasteiger partial charge in [0.25, 0.3) is 0 Å². The molecule has 2 rings (SSSR count). The summed E-state index contributed by atoms with van der Waals surface area (Å²) in [5.74, 6) is 0.723. The third kappa shape index (κ3) is 2.74. The molecule has 2 heterocycles. The molecule has 3 nitrogen and oxygen atoms in total. The Morgan fingerprint density at radius 3 is 2.93 bits per heavy atom. The van der Waals surface area contributed by atoms with Crippen molar-refractivity contribution in [2.75, 3.05) is 25.5 Å². The number of pyridine rings is 1. The fourth-order valence-electron chi connectivity index (χ4n) is 1.77. The van der Waals surface area contributed by atoms with E-state index in [9.17, 15) is 0 Å². The number of hydrogen-bond acceptors (Lipinski definition) is 3. The fourth-order valence-corrected chi connectivity index (χ4v) is 2.20. The highest BCUT2D eigenvalue weighted by atomic mass is 35.5. The summed E-state index contributed by atoms with van der Waals surface area (Å²) in [6, 6.07) is 2.14. The molecule has 0 bridgehead atoms. The number of likely N-dealkylation sites (tertiary alicyclic amines) is 1. The van der Waals surface area contributed by atoms with E-state index in [-0.39, 0.29) is 0 Å². The summed E-state index contributed by atoms with van der Waals surface area (Å²) < 4.78 is 0. The van der Waals surface area contributed by atoms with Gasteiger partial charge >= 0.3 is 0 Å². The van der Waals surface area contributed by atoms with Gasteiger partial charge in [-0.1, -0.05) is 23.2 Å². The van der Waals surface area contributed by atoms with Crippen LogP contribution in [0.1, 0.15) is 6.42 Å². The molecule has 1 fully saturated rings. The molecule has 0 radical (unpaired) electrons. The summed E-state index contributed by atoms with van der Waals surface area (Å²) in [5, 5.41) is 4.47. The van der Waals surface area contributed by atoms with Gasteiger partial charge in [-0.2, -0.15) is 0 Å². The first kappa shape index (κ1) is 11.0. The second kappa shape index (κ2) is 4.56. The van der Waals surface area contributed by atoms with Crippen LogP contribution in [0.3, 0.4) is 0 Å². The summed E-state index contributed by atoms with van der Waals surface area (Å²) in [6.45, 7) is 2.14. The Morgan fingerprint density at radius 2 is 2.33 bits per heavy atom. The lowest BCUT2D eigenvalue weighted by molar-refractivity contribution is 0.414. The van der Waals surface area contributed by atoms with Crippen molar-refractivity contribution in [2.24, 2.45) is 0 Å². The van der Waals surface area contributed by atoms with Crippen molar-refractivity contribution in [3.8, 4) is 0 Å². The summed E-state index contributed by atoms with van der Waals surface area (Å²) in [7, 11) is 2.11. The quantitative estimate of drug-likeness (QED) is 0.868. The van der Waals surface area contributed by atoms with E-state index in [2.05, 4.69) is 22.2 Å². The Morgan fingerprint density at radius 1 is 1.53 bits per heavy atom. The van der Waals surface area contributed by atoms with E-state index < -0.39 is 0 Å². The van der Waals surface area contributed by atoms with Gasteiger partial charge in [-0.25, -0.2) is 4.98 Å². The first-order chi connectivity index (χ1) is 7.15. The van der Waals surface area contributed by atoms with Crippen LogP contribution < -0.4 is 5.32 Å². The normalized spacial score (nSPS) is 21.9. The summed E-state index contributed by atoms with van der Waals surface area (Å²) >= 11 is 11.8. The number of nitrogens with one attached hydrogen (secondary N) is 1. The largest absolute Gasteiger partial charge is 0.365 e. The van der Waals surface area contributed by atoms with E-state index >= 15 is 0 Å². The Balaban J connectivity index is 2.04. The number of nitrogens with zero attached hydrogens (tertiary/aromatic N) is 2. The number of aromatic nitrogens is 1. The average molecular weight is 246 g/mol. The third-order valence-corrected chi connectivity index (χ3v) is 3.03. The average Bonchev–Trinajstić information content (AvgIpc) is 2.56. The summed E-state index contributed by atoms with van der Waals surface area (Å²) in [4.78, 5) is 6.45. The van der Waals surface area contributed by atoms with Crippen LogP contribution in [0.2, 0.25) is 10.0 Å². The Bertz CT molecular complexity index is 357. The lowest BCUT2D eigenvalue weighted by atomic mass is 10.2. The van der Waals surface area contributed by atoms with E-state index in [1.807, 2.05) is 0 Å². The van der Waals surface area contributed by atoms with E-state index in [4.69, 9.17) is 23.2 Å². The molecule has 82 valence electrons. The predicted molar refractivity (Wildman–Crippen MR) is 63.8 cm³/mol.